The number of para-hydroxylation sites is 1. The zero-order chi connectivity index (χ0) is 18.3. The van der Waals surface area contributed by atoms with E-state index in [0.717, 1.165) is 11.3 Å². The van der Waals surface area contributed by atoms with Crippen LogP contribution in [0.4, 0.5) is 0 Å². The molecule has 6 nitrogen and oxygen atoms in total. The summed E-state index contributed by atoms with van der Waals surface area (Å²) in [4.78, 5) is 21.9. The summed E-state index contributed by atoms with van der Waals surface area (Å²) in [6.45, 7) is 5.83. The average Bonchev–Trinajstić information content (AvgIpc) is 3.04. The van der Waals surface area contributed by atoms with Gasteiger partial charge >= 0.3 is 0 Å². The van der Waals surface area contributed by atoms with E-state index in [-0.39, 0.29) is 11.6 Å². The lowest BCUT2D eigenvalue weighted by atomic mass is 10.2. The lowest BCUT2D eigenvalue weighted by Gasteiger charge is -2.16. The Bertz CT molecular complexity index is 1160. The molecule has 6 heteroatoms. The molecule has 2 aromatic carbocycles. The van der Waals surface area contributed by atoms with Crippen LogP contribution in [0, 0.1) is 13.8 Å². The van der Waals surface area contributed by atoms with Crippen molar-refractivity contribution in [1.82, 2.24) is 24.3 Å². The first-order valence-corrected chi connectivity index (χ1v) is 8.51. The molecular formula is C20H19N5O. The highest BCUT2D eigenvalue weighted by molar-refractivity contribution is 5.76. The van der Waals surface area contributed by atoms with Crippen molar-refractivity contribution in [2.24, 2.45) is 0 Å². The molecule has 0 N–H and O–H groups in total. The van der Waals surface area contributed by atoms with Crippen molar-refractivity contribution in [1.29, 1.82) is 0 Å². The second-order valence-corrected chi connectivity index (χ2v) is 6.42. The second kappa shape index (κ2) is 6.22. The fourth-order valence-electron chi connectivity index (χ4n) is 3.13. The minimum Gasteiger partial charge on any atom is -0.288 e. The molecule has 0 fully saturated rings. The molecule has 2 heterocycles. The van der Waals surface area contributed by atoms with Crippen LogP contribution in [0.5, 0.6) is 0 Å². The highest BCUT2D eigenvalue weighted by Gasteiger charge is 2.20. The zero-order valence-electron chi connectivity index (χ0n) is 14.9. The lowest BCUT2D eigenvalue weighted by Crippen LogP contribution is -2.26. The summed E-state index contributed by atoms with van der Waals surface area (Å²) < 4.78 is 3.41. The molecule has 26 heavy (non-hydrogen) atoms. The van der Waals surface area contributed by atoms with Gasteiger partial charge in [-0.3, -0.25) is 9.36 Å². The first-order chi connectivity index (χ1) is 12.5. The second-order valence-electron chi connectivity index (χ2n) is 6.42. The van der Waals surface area contributed by atoms with Gasteiger partial charge in [-0.25, -0.2) is 14.6 Å². The van der Waals surface area contributed by atoms with Crippen LogP contribution in [0.3, 0.4) is 0 Å². The van der Waals surface area contributed by atoms with Crippen LogP contribution in [0.1, 0.15) is 30.2 Å². The zero-order valence-corrected chi connectivity index (χ0v) is 14.9. The van der Waals surface area contributed by atoms with E-state index in [0.29, 0.717) is 22.6 Å². The molecule has 0 radical (unpaired) electrons. The maximum atomic E-state index is 12.9. The summed E-state index contributed by atoms with van der Waals surface area (Å²) in [6.07, 6.45) is 1.58. The summed E-state index contributed by atoms with van der Waals surface area (Å²) in [7, 11) is 0. The maximum Gasteiger partial charge on any atom is 0.261 e. The standard InChI is InChI=1S/C20H19N5O/c1-13-7-6-8-16(11-13)25-19(22-15(3)23-25)14(2)24-12-21-18-10-5-4-9-17(18)20(24)26/h4-12,14H,1-3H3/t14-/m1/s1. The van der Waals surface area contributed by atoms with E-state index >= 15 is 0 Å². The Morgan fingerprint density at radius 1 is 1.04 bits per heavy atom. The van der Waals surface area contributed by atoms with Gasteiger partial charge in [0.15, 0.2) is 5.82 Å². The largest absolute Gasteiger partial charge is 0.288 e. The van der Waals surface area contributed by atoms with Crippen molar-refractivity contribution in [3.63, 3.8) is 0 Å². The number of hydrogen-bond acceptors (Lipinski definition) is 4. The molecule has 0 unspecified atom stereocenters. The van der Waals surface area contributed by atoms with E-state index < -0.39 is 0 Å². The maximum absolute atomic E-state index is 12.9. The summed E-state index contributed by atoms with van der Waals surface area (Å²) >= 11 is 0. The van der Waals surface area contributed by atoms with Crippen LogP contribution in [-0.4, -0.2) is 24.3 Å². The van der Waals surface area contributed by atoms with Crippen molar-refractivity contribution in [3.8, 4) is 5.69 Å². The molecule has 130 valence electrons. The number of nitrogens with zero attached hydrogens (tertiary/aromatic N) is 5. The Hall–Kier alpha value is -3.28. The van der Waals surface area contributed by atoms with Gasteiger partial charge < -0.3 is 0 Å². The van der Waals surface area contributed by atoms with Gasteiger partial charge in [0.2, 0.25) is 0 Å². The fraction of sp³-hybridized carbons (Fsp3) is 0.200. The van der Waals surface area contributed by atoms with Gasteiger partial charge in [-0.1, -0.05) is 24.3 Å². The van der Waals surface area contributed by atoms with Crippen LogP contribution in [0.25, 0.3) is 16.6 Å². The molecule has 0 saturated carbocycles. The Morgan fingerprint density at radius 3 is 2.65 bits per heavy atom. The van der Waals surface area contributed by atoms with E-state index in [1.54, 1.807) is 21.6 Å². The third kappa shape index (κ3) is 2.69. The third-order valence-electron chi connectivity index (χ3n) is 4.47. The quantitative estimate of drug-likeness (QED) is 0.572. The first kappa shape index (κ1) is 16.2. The molecule has 0 bridgehead atoms. The first-order valence-electron chi connectivity index (χ1n) is 8.51. The molecule has 4 rings (SSSR count). The highest BCUT2D eigenvalue weighted by Crippen LogP contribution is 2.20. The molecule has 0 saturated heterocycles. The smallest absolute Gasteiger partial charge is 0.261 e. The normalized spacial score (nSPS) is 12.4. The van der Waals surface area contributed by atoms with E-state index in [4.69, 9.17) is 0 Å². The van der Waals surface area contributed by atoms with Crippen molar-refractivity contribution in [2.75, 3.05) is 0 Å². The van der Waals surface area contributed by atoms with Crippen LogP contribution >= 0.6 is 0 Å². The van der Waals surface area contributed by atoms with Gasteiger partial charge in [0, 0.05) is 0 Å². The van der Waals surface area contributed by atoms with Crippen molar-refractivity contribution >= 4 is 10.9 Å². The Labute approximate surface area is 150 Å². The van der Waals surface area contributed by atoms with E-state index in [1.807, 2.05) is 63.2 Å². The summed E-state index contributed by atoms with van der Waals surface area (Å²) in [5.41, 5.74) is 2.67. The minimum atomic E-state index is -0.304. The monoisotopic (exact) mass is 345 g/mol. The Morgan fingerprint density at radius 2 is 1.85 bits per heavy atom. The Kier molecular flexibility index (Phi) is 3.88. The van der Waals surface area contributed by atoms with Crippen molar-refractivity contribution < 1.29 is 0 Å². The van der Waals surface area contributed by atoms with E-state index in [1.165, 1.54) is 0 Å². The molecule has 0 aliphatic heterocycles. The van der Waals surface area contributed by atoms with Crippen LogP contribution in [0.15, 0.2) is 59.7 Å². The lowest BCUT2D eigenvalue weighted by molar-refractivity contribution is 0.557. The molecule has 0 spiro atoms. The number of rotatable bonds is 3. The van der Waals surface area contributed by atoms with Crippen molar-refractivity contribution in [2.45, 2.75) is 26.8 Å². The SMILES string of the molecule is Cc1cccc(-n2nc(C)nc2[C@@H](C)n2cnc3ccccc3c2=O)c1. The van der Waals surface area contributed by atoms with Crippen LogP contribution in [0.2, 0.25) is 0 Å². The summed E-state index contributed by atoms with van der Waals surface area (Å²) in [6, 6.07) is 15.1. The molecular weight excluding hydrogens is 326 g/mol. The number of aryl methyl sites for hydroxylation is 2. The van der Waals surface area contributed by atoms with Gasteiger partial charge in [-0.15, -0.1) is 0 Å². The van der Waals surface area contributed by atoms with Gasteiger partial charge in [0.05, 0.1) is 29.0 Å². The Balaban J connectivity index is 1.87. The summed E-state index contributed by atoms with van der Waals surface area (Å²) in [5, 5.41) is 5.13. The molecule has 0 aliphatic rings. The van der Waals surface area contributed by atoms with E-state index in [9.17, 15) is 4.79 Å². The van der Waals surface area contributed by atoms with Crippen LogP contribution < -0.4 is 5.56 Å². The predicted octanol–water partition coefficient (Wildman–Crippen LogP) is 3.20. The molecule has 0 amide bonds. The van der Waals surface area contributed by atoms with Gasteiger partial charge in [-0.2, -0.15) is 5.10 Å². The van der Waals surface area contributed by atoms with Gasteiger partial charge in [0.1, 0.15) is 5.82 Å². The number of aromatic nitrogens is 5. The molecule has 0 aliphatic carbocycles. The molecule has 1 atom stereocenters. The van der Waals surface area contributed by atoms with Crippen LogP contribution in [-0.2, 0) is 0 Å². The summed E-state index contributed by atoms with van der Waals surface area (Å²) in [5.74, 6) is 1.36. The molecule has 4 aromatic rings. The van der Waals surface area contributed by atoms with Gasteiger partial charge in [0.25, 0.3) is 5.56 Å². The van der Waals surface area contributed by atoms with Crippen molar-refractivity contribution in [3.05, 3.63) is 82.4 Å². The minimum absolute atomic E-state index is 0.0838. The van der Waals surface area contributed by atoms with E-state index in [2.05, 4.69) is 15.1 Å². The number of hydrogen-bond donors (Lipinski definition) is 0. The predicted molar refractivity (Wildman–Crippen MR) is 101 cm³/mol. The fourth-order valence-corrected chi connectivity index (χ4v) is 3.13. The topological polar surface area (TPSA) is 65.6 Å². The number of benzene rings is 2. The van der Waals surface area contributed by atoms with Gasteiger partial charge in [-0.05, 0) is 50.6 Å². The number of fused-ring (bicyclic) bond motifs is 1. The highest BCUT2D eigenvalue weighted by atomic mass is 16.1. The molecule has 2 aromatic heterocycles. The average molecular weight is 345 g/mol. The third-order valence-corrected chi connectivity index (χ3v) is 4.47.